The summed E-state index contributed by atoms with van der Waals surface area (Å²) >= 11 is 7.84. The molecular formula is C36H47I3N4O14S2. The molecule has 4 amide bonds. The van der Waals surface area contributed by atoms with Gasteiger partial charge in [0.1, 0.15) is 11.8 Å². The van der Waals surface area contributed by atoms with Gasteiger partial charge in [-0.25, -0.2) is 9.59 Å². The Hall–Kier alpha value is -1.99. The van der Waals surface area contributed by atoms with Crippen LogP contribution in [0.2, 0.25) is 0 Å². The van der Waals surface area contributed by atoms with Crippen LogP contribution in [0, 0.1) is 10.7 Å². The number of carbonyl (C=O) groups is 4. The minimum absolute atomic E-state index is 0.000559. The molecule has 3 unspecified atom stereocenters. The fourth-order valence-corrected chi connectivity index (χ4v) is 10.7. The van der Waals surface area contributed by atoms with Crippen LogP contribution < -0.4 is 30.2 Å². The van der Waals surface area contributed by atoms with Crippen molar-refractivity contribution in [1.29, 1.82) is 0 Å². The molecule has 2 fully saturated rings. The predicted molar refractivity (Wildman–Crippen MR) is 241 cm³/mol. The van der Waals surface area contributed by atoms with Crippen LogP contribution >= 0.6 is 79.5 Å². The highest BCUT2D eigenvalue weighted by Gasteiger charge is 2.42. The summed E-state index contributed by atoms with van der Waals surface area (Å²) in [4.78, 5) is 48.1. The number of amides is 4. The van der Waals surface area contributed by atoms with Crippen molar-refractivity contribution < 1.29 is 65.1 Å². The Morgan fingerprint density at radius 3 is 2.12 bits per heavy atom. The molecular weight excluding hydrogens is 1160 g/mol. The maximum atomic E-state index is 12.5. The van der Waals surface area contributed by atoms with Crippen molar-refractivity contribution >= 4 is 114 Å². The average molecular weight is 1200 g/mol. The molecule has 18 nitrogen and oxygen atoms in total. The van der Waals surface area contributed by atoms with Gasteiger partial charge in [0.2, 0.25) is 11.8 Å². The normalized spacial score (nSPS) is 17.8. The summed E-state index contributed by atoms with van der Waals surface area (Å²) in [6.07, 6.45) is 3.18. The van der Waals surface area contributed by atoms with Crippen molar-refractivity contribution in [3.05, 3.63) is 46.6 Å². The van der Waals surface area contributed by atoms with Gasteiger partial charge in [-0.1, -0.05) is 6.42 Å². The van der Waals surface area contributed by atoms with E-state index in [0.717, 1.165) is 25.0 Å². The van der Waals surface area contributed by atoms with Gasteiger partial charge in [0.25, 0.3) is 0 Å². The fourth-order valence-electron chi connectivity index (χ4n) is 5.93. The number of carboxylic acids is 1. The lowest BCUT2D eigenvalue weighted by molar-refractivity contribution is -0.142. The first-order valence-corrected chi connectivity index (χ1v) is 24.2. The van der Waals surface area contributed by atoms with Crippen LogP contribution in [0.5, 0.6) is 17.2 Å². The maximum Gasteiger partial charge on any atom is 0.446 e. The fraction of sp³-hybridized carbons (Fsp3) is 0.556. The zero-order chi connectivity index (χ0) is 42.8. The monoisotopic (exact) mass is 1200 g/mol. The van der Waals surface area contributed by atoms with Crippen LogP contribution in [-0.4, -0.2) is 130 Å². The van der Waals surface area contributed by atoms with Crippen LogP contribution in [0.3, 0.4) is 0 Å². The van der Waals surface area contributed by atoms with Gasteiger partial charge in [0.05, 0.1) is 75.6 Å². The molecule has 4 rings (SSSR count). The number of carbonyl (C=O) groups excluding carboxylic acids is 3. The topological polar surface area (TPSA) is 246 Å². The summed E-state index contributed by atoms with van der Waals surface area (Å²) in [7, 11) is -4.68. The maximum absolute atomic E-state index is 12.5. The molecule has 59 heavy (non-hydrogen) atoms. The highest BCUT2D eigenvalue weighted by Crippen LogP contribution is 2.36. The van der Waals surface area contributed by atoms with Crippen molar-refractivity contribution in [1.82, 2.24) is 21.3 Å². The van der Waals surface area contributed by atoms with Crippen molar-refractivity contribution in [3.63, 3.8) is 0 Å². The van der Waals surface area contributed by atoms with E-state index in [1.54, 1.807) is 12.1 Å². The lowest BCUT2D eigenvalue weighted by atomic mass is 10.0. The van der Waals surface area contributed by atoms with Gasteiger partial charge in [-0.05, 0) is 117 Å². The quantitative estimate of drug-likeness (QED) is 0.0307. The largest absolute Gasteiger partial charge is 0.480 e. The molecule has 2 aliphatic heterocycles. The second-order valence-electron chi connectivity index (χ2n) is 13.2. The summed E-state index contributed by atoms with van der Waals surface area (Å²) < 4.78 is 65.2. The van der Waals surface area contributed by atoms with E-state index >= 15 is 0 Å². The van der Waals surface area contributed by atoms with E-state index in [9.17, 15) is 32.7 Å². The highest BCUT2D eigenvalue weighted by atomic mass is 127. The van der Waals surface area contributed by atoms with Gasteiger partial charge >= 0.3 is 22.4 Å². The summed E-state index contributed by atoms with van der Waals surface area (Å²) in [5.74, 6) is 0.0875. The van der Waals surface area contributed by atoms with Gasteiger partial charge in [0.15, 0.2) is 11.5 Å². The number of urea groups is 1. The number of carboxylic acid groups (broad SMARTS) is 1. The third-order valence-electron chi connectivity index (χ3n) is 8.69. The molecule has 0 radical (unpaired) electrons. The number of thioether (sulfide) groups is 1. The molecule has 0 bridgehead atoms. The highest BCUT2D eigenvalue weighted by molar-refractivity contribution is 14.1. The number of nitrogens with one attached hydrogen (secondary N) is 4. The number of rotatable bonds is 28. The lowest BCUT2D eigenvalue weighted by Gasteiger charge is -2.17. The second-order valence-corrected chi connectivity index (χ2v) is 19.0. The third kappa shape index (κ3) is 18.5. The average Bonchev–Trinajstić information content (AvgIpc) is 3.72. The predicted octanol–water partition coefficient (Wildman–Crippen LogP) is 3.88. The molecule has 2 aromatic carbocycles. The van der Waals surface area contributed by atoms with Gasteiger partial charge < -0.3 is 54.2 Å². The van der Waals surface area contributed by atoms with Crippen LogP contribution in [0.4, 0.5) is 4.79 Å². The molecule has 0 spiro atoms. The van der Waals surface area contributed by atoms with Crippen molar-refractivity contribution in [2.24, 2.45) is 0 Å². The molecule has 2 saturated heterocycles. The molecule has 2 aliphatic rings. The van der Waals surface area contributed by atoms with Crippen LogP contribution in [0.15, 0.2) is 30.3 Å². The Labute approximate surface area is 387 Å². The summed E-state index contributed by atoms with van der Waals surface area (Å²) in [6, 6.07) is 7.00. The minimum Gasteiger partial charge on any atom is -0.480 e. The smallest absolute Gasteiger partial charge is 0.446 e. The number of fused-ring (bicyclic) bond motifs is 1. The molecule has 2 aromatic rings. The number of aliphatic carboxylic acids is 1. The van der Waals surface area contributed by atoms with Gasteiger partial charge in [-0.2, -0.15) is 20.2 Å². The molecule has 4 atom stereocenters. The summed E-state index contributed by atoms with van der Waals surface area (Å²) in [6.45, 7) is 2.91. The number of benzene rings is 2. The molecule has 0 aromatic heterocycles. The number of halogens is 3. The zero-order valence-electron chi connectivity index (χ0n) is 31.8. The van der Waals surface area contributed by atoms with Crippen molar-refractivity contribution in [3.8, 4) is 17.2 Å². The van der Waals surface area contributed by atoms with E-state index < -0.39 is 28.3 Å². The molecule has 328 valence electrons. The van der Waals surface area contributed by atoms with E-state index in [2.05, 4.69) is 70.6 Å². The van der Waals surface area contributed by atoms with Crippen LogP contribution in [0.1, 0.15) is 37.7 Å². The first kappa shape index (κ1) is 49.7. The Kier molecular flexibility index (Phi) is 21.7. The Morgan fingerprint density at radius 1 is 0.847 bits per heavy atom. The van der Waals surface area contributed by atoms with Crippen molar-refractivity contribution in [2.75, 3.05) is 65.2 Å². The van der Waals surface area contributed by atoms with E-state index in [-0.39, 0.29) is 55.8 Å². The van der Waals surface area contributed by atoms with E-state index in [0.29, 0.717) is 85.6 Å². The summed E-state index contributed by atoms with van der Waals surface area (Å²) in [5.41, 5.74) is 0.659. The third-order valence-corrected chi connectivity index (χ3v) is 13.0. The van der Waals surface area contributed by atoms with Gasteiger partial charge in [-0.15, -0.1) is 0 Å². The van der Waals surface area contributed by atoms with Gasteiger partial charge in [-0.3, -0.25) is 14.1 Å². The zero-order valence-corrected chi connectivity index (χ0v) is 39.9. The Bertz CT molecular complexity index is 1820. The SMILES string of the molecule is O=C(CCCCC1SCC2NC(=O)NC21)NCCOCCOCCOCCOCCC(=O)N[C@@H](Cc1cc(I)c(Oc2ccc(OS(=O)(=O)O)c(I)c2)c(I)c1)C(=O)O. The minimum atomic E-state index is -4.68. The lowest BCUT2D eigenvalue weighted by Crippen LogP contribution is -2.42. The van der Waals surface area contributed by atoms with E-state index in [4.69, 9.17) is 28.2 Å². The van der Waals surface area contributed by atoms with E-state index in [1.807, 2.05) is 34.4 Å². The molecule has 0 aliphatic carbocycles. The Morgan fingerprint density at radius 2 is 1.49 bits per heavy atom. The molecule has 23 heteroatoms. The Balaban J connectivity index is 0.973. The molecule has 2 heterocycles. The number of hydrogen-bond donors (Lipinski definition) is 6. The van der Waals surface area contributed by atoms with Crippen LogP contribution in [-0.2, 0) is 50.2 Å². The van der Waals surface area contributed by atoms with Gasteiger partial charge in [0, 0.05) is 36.8 Å². The molecule has 0 saturated carbocycles. The first-order valence-electron chi connectivity index (χ1n) is 18.6. The van der Waals surface area contributed by atoms with E-state index in [1.165, 1.54) is 18.2 Å². The van der Waals surface area contributed by atoms with Crippen molar-refractivity contribution in [2.45, 2.75) is 61.9 Å². The number of unbranched alkanes of at least 4 members (excludes halogenated alkanes) is 1. The standard InChI is InChI=1S/C36H47I3N4O14S2/c37-24-20-23(5-6-29(24)57-59(49,50)51)56-34-25(38)17-22(18-26(34)39)19-27(35(46)47)41-32(45)7-9-52-11-13-54-15-16-55-14-12-53-10-8-40-31(44)4-2-1-3-30-33-28(21-58-30)42-36(48)43-33/h5-6,17-18,20,27-28,30,33H,1-4,7-16,19,21H2,(H,40,44)(H,41,45)(H,46,47)(H2,42,43,48)(H,49,50,51)/t27-,28?,30?,33?/m0/s1. The second kappa shape index (κ2) is 25.8. The van der Waals surface area contributed by atoms with Crippen LogP contribution in [0.25, 0.3) is 0 Å². The molecule has 6 N–H and O–H groups in total. The number of ether oxygens (including phenoxy) is 5. The summed E-state index contributed by atoms with van der Waals surface area (Å²) in [5, 5.41) is 21.5. The first-order chi connectivity index (χ1) is 28.2. The number of hydrogen-bond acceptors (Lipinski definition) is 13.